The lowest BCUT2D eigenvalue weighted by Gasteiger charge is -2.27. The zero-order chi connectivity index (χ0) is 33.2. The van der Waals surface area contributed by atoms with Crippen LogP contribution in [0.2, 0.25) is 0 Å². The van der Waals surface area contributed by atoms with E-state index in [0.717, 1.165) is 0 Å². The fourth-order valence-corrected chi connectivity index (χ4v) is 5.10. The van der Waals surface area contributed by atoms with Crippen molar-refractivity contribution in [3.05, 3.63) is 65.7 Å². The van der Waals surface area contributed by atoms with Gasteiger partial charge in [0.2, 0.25) is 18.0 Å². The summed E-state index contributed by atoms with van der Waals surface area (Å²) in [4.78, 5) is 54.7. The van der Waals surface area contributed by atoms with E-state index in [2.05, 4.69) is 20.3 Å². The van der Waals surface area contributed by atoms with Crippen LogP contribution in [-0.2, 0) is 14.4 Å². The molecular formula is C28H29F6N5O5S. The van der Waals surface area contributed by atoms with Gasteiger partial charge in [-0.1, -0.05) is 48.5 Å². The van der Waals surface area contributed by atoms with Crippen molar-refractivity contribution < 1.29 is 50.6 Å². The lowest BCUT2D eigenvalue weighted by atomic mass is 9.83. The van der Waals surface area contributed by atoms with Crippen molar-refractivity contribution in [1.82, 2.24) is 15.4 Å². The molecule has 0 bridgehead atoms. The molecule has 0 spiro atoms. The van der Waals surface area contributed by atoms with Crippen LogP contribution in [0, 0.1) is 11.8 Å². The minimum atomic E-state index is -4.82. The third-order valence-corrected chi connectivity index (χ3v) is 7.32. The number of aliphatic imine (C=N–C) groups is 1. The number of hydrogen-bond acceptors (Lipinski definition) is 6. The van der Waals surface area contributed by atoms with Crippen LogP contribution in [0.4, 0.5) is 36.8 Å². The summed E-state index contributed by atoms with van der Waals surface area (Å²) in [5.41, 5.74) is 1.58. The third-order valence-electron chi connectivity index (χ3n) is 6.56. The Balaban J connectivity index is 1.93. The molecule has 1 unspecified atom stereocenters. The fraction of sp³-hybridized carbons (Fsp3) is 0.393. The van der Waals surface area contributed by atoms with Crippen LogP contribution < -0.4 is 20.7 Å². The molecule has 5 N–H and O–H groups in total. The molecule has 45 heavy (non-hydrogen) atoms. The molecule has 0 saturated heterocycles. The van der Waals surface area contributed by atoms with E-state index in [0.29, 0.717) is 28.8 Å². The number of nitrogens with one attached hydrogen (secondary N) is 4. The van der Waals surface area contributed by atoms with Crippen molar-refractivity contribution in [3.63, 3.8) is 0 Å². The lowest BCUT2D eigenvalue weighted by molar-refractivity contribution is -0.152. The Labute approximate surface area is 257 Å². The minimum absolute atomic E-state index is 0.0662. The Kier molecular flexibility index (Phi) is 12.2. The first-order chi connectivity index (χ1) is 21.1. The van der Waals surface area contributed by atoms with Gasteiger partial charge in [0, 0.05) is 42.2 Å². The number of anilines is 1. The first kappa shape index (κ1) is 35.2. The second-order valence-electron chi connectivity index (χ2n) is 9.86. The number of para-hydroxylation sites is 1. The molecular weight excluding hydrogens is 632 g/mol. The van der Waals surface area contributed by atoms with Gasteiger partial charge in [-0.05, 0) is 30.9 Å². The molecule has 2 aromatic rings. The van der Waals surface area contributed by atoms with Crippen molar-refractivity contribution in [2.75, 3.05) is 17.6 Å². The van der Waals surface area contributed by atoms with Crippen LogP contribution in [0.1, 0.15) is 36.8 Å². The zero-order valence-corrected chi connectivity index (χ0v) is 24.2. The molecule has 0 aliphatic carbocycles. The monoisotopic (exact) mass is 661 g/mol. The van der Waals surface area contributed by atoms with Gasteiger partial charge in [0.1, 0.15) is 0 Å². The number of carbonyl (C=O) groups is 4. The Hall–Kier alpha value is -4.28. The summed E-state index contributed by atoms with van der Waals surface area (Å²) in [6.07, 6.45) is -18.0. The second kappa shape index (κ2) is 15.6. The largest absolute Gasteiger partial charge is 0.465 e. The second-order valence-corrected chi connectivity index (χ2v) is 10.8. The number of halogens is 6. The molecule has 4 amide bonds. The number of amides is 4. The molecule has 0 radical (unpaired) electrons. The molecule has 1 heterocycles. The van der Waals surface area contributed by atoms with Gasteiger partial charge < -0.3 is 21.1 Å². The minimum Gasteiger partial charge on any atom is -0.465 e. The smallest absolute Gasteiger partial charge is 0.404 e. The summed E-state index contributed by atoms with van der Waals surface area (Å²) >= 11 is 0.601. The van der Waals surface area contributed by atoms with E-state index in [4.69, 9.17) is 5.11 Å². The number of benzene rings is 2. The maximum absolute atomic E-state index is 13.6. The average molecular weight is 662 g/mol. The highest BCUT2D eigenvalue weighted by Gasteiger charge is 2.41. The molecule has 3 rings (SSSR count). The Bertz CT molecular complexity index is 1390. The van der Waals surface area contributed by atoms with Crippen molar-refractivity contribution in [2.24, 2.45) is 16.8 Å². The van der Waals surface area contributed by atoms with Gasteiger partial charge in [-0.25, -0.2) is 9.79 Å². The molecule has 244 valence electrons. The SMILES string of the molecule is O=C(O)NCCSNC(=O)[C@@H](CCC(F)(F)F)[C@@H](CCC(F)(F)F)C(=O)NC1N=C(c2ccccc2)c2ccccc2NC1=O. The van der Waals surface area contributed by atoms with Crippen LogP contribution in [0.5, 0.6) is 0 Å². The predicted molar refractivity (Wildman–Crippen MR) is 153 cm³/mol. The molecule has 1 aliphatic heterocycles. The average Bonchev–Trinajstić information content (AvgIpc) is 3.09. The maximum atomic E-state index is 13.6. The third kappa shape index (κ3) is 11.3. The summed E-state index contributed by atoms with van der Waals surface area (Å²) in [6, 6.07) is 15.0. The Morgan fingerprint density at radius 1 is 0.889 bits per heavy atom. The molecule has 10 nitrogen and oxygen atoms in total. The van der Waals surface area contributed by atoms with Crippen LogP contribution in [0.3, 0.4) is 0 Å². The van der Waals surface area contributed by atoms with Crippen LogP contribution in [0.25, 0.3) is 0 Å². The molecule has 3 atom stereocenters. The highest BCUT2D eigenvalue weighted by Crippen LogP contribution is 2.33. The Morgan fingerprint density at radius 3 is 2.07 bits per heavy atom. The number of nitrogens with zero attached hydrogens (tertiary/aromatic N) is 1. The van der Waals surface area contributed by atoms with Gasteiger partial charge in [-0.15, -0.1) is 0 Å². The first-order valence-corrected chi connectivity index (χ1v) is 14.5. The van der Waals surface area contributed by atoms with Crippen molar-refractivity contribution in [2.45, 2.75) is 44.2 Å². The quantitative estimate of drug-likeness (QED) is 0.118. The predicted octanol–water partition coefficient (Wildman–Crippen LogP) is 4.87. The highest BCUT2D eigenvalue weighted by atomic mass is 32.2. The highest BCUT2D eigenvalue weighted by molar-refractivity contribution is 7.97. The van der Waals surface area contributed by atoms with Crippen LogP contribution in [-0.4, -0.2) is 65.4 Å². The first-order valence-electron chi connectivity index (χ1n) is 13.5. The number of hydrogen-bond donors (Lipinski definition) is 5. The van der Waals surface area contributed by atoms with Gasteiger partial charge in [-0.3, -0.25) is 19.1 Å². The number of carbonyl (C=O) groups excluding carboxylic acids is 3. The summed E-state index contributed by atoms with van der Waals surface area (Å²) in [7, 11) is 0. The molecule has 1 aliphatic rings. The Morgan fingerprint density at radius 2 is 1.47 bits per heavy atom. The molecule has 17 heteroatoms. The molecule has 0 saturated carbocycles. The van der Waals surface area contributed by atoms with Crippen LogP contribution in [0.15, 0.2) is 59.6 Å². The van der Waals surface area contributed by atoms with E-state index >= 15 is 0 Å². The molecule has 0 fully saturated rings. The zero-order valence-electron chi connectivity index (χ0n) is 23.4. The van der Waals surface area contributed by atoms with E-state index < -0.39 is 79.9 Å². The van der Waals surface area contributed by atoms with Crippen molar-refractivity contribution >= 4 is 47.2 Å². The van der Waals surface area contributed by atoms with Gasteiger partial charge in [0.25, 0.3) is 5.91 Å². The number of rotatable bonds is 13. The van der Waals surface area contributed by atoms with E-state index in [1.54, 1.807) is 54.6 Å². The van der Waals surface area contributed by atoms with Gasteiger partial charge in [0.05, 0.1) is 17.3 Å². The van der Waals surface area contributed by atoms with E-state index in [1.807, 2.05) is 5.32 Å². The van der Waals surface area contributed by atoms with Gasteiger partial charge in [0.15, 0.2) is 0 Å². The number of fused-ring (bicyclic) bond motifs is 1. The molecule has 2 aromatic carbocycles. The van der Waals surface area contributed by atoms with Crippen LogP contribution >= 0.6 is 11.9 Å². The van der Waals surface area contributed by atoms with E-state index in [9.17, 15) is 45.5 Å². The summed E-state index contributed by atoms with van der Waals surface area (Å²) in [5, 5.41) is 15.5. The maximum Gasteiger partial charge on any atom is 0.404 e. The van der Waals surface area contributed by atoms with Gasteiger partial charge in [-0.2, -0.15) is 26.3 Å². The number of alkyl halides is 6. The topological polar surface area (TPSA) is 149 Å². The van der Waals surface area contributed by atoms with Crippen molar-refractivity contribution in [1.29, 1.82) is 0 Å². The lowest BCUT2D eigenvalue weighted by Crippen LogP contribution is -2.48. The fourth-order valence-electron chi connectivity index (χ4n) is 4.50. The normalized spacial score (nSPS) is 16.3. The number of carboxylic acid groups (broad SMARTS) is 1. The van der Waals surface area contributed by atoms with E-state index in [1.165, 1.54) is 0 Å². The van der Waals surface area contributed by atoms with Gasteiger partial charge >= 0.3 is 18.4 Å². The van der Waals surface area contributed by atoms with Crippen molar-refractivity contribution in [3.8, 4) is 0 Å². The van der Waals surface area contributed by atoms with E-state index in [-0.39, 0.29) is 18.0 Å². The standard InChI is InChI=1S/C28H29F6N5O5S/c29-27(30,31)12-10-17(18(11-13-28(32,33)34)24(41)39-45-15-14-35-26(43)44)23(40)38-22-25(42)36-20-9-5-4-8-19(20)21(37-22)16-6-2-1-3-7-16/h1-9,17-18,22,35H,10-15H2,(H,36,42)(H,38,40)(H,39,41)(H,43,44)/t17-,18+,22?/m1/s1. The summed E-state index contributed by atoms with van der Waals surface area (Å²) < 4.78 is 81.6. The number of benzodiazepines with no additional fused rings is 1. The summed E-state index contributed by atoms with van der Waals surface area (Å²) in [6.45, 7) is -0.160. The molecule has 0 aromatic heterocycles. The summed E-state index contributed by atoms with van der Waals surface area (Å²) in [5.74, 6) is -7.20.